The van der Waals surface area contributed by atoms with Gasteiger partial charge in [0.25, 0.3) is 0 Å². The van der Waals surface area contributed by atoms with Crippen molar-refractivity contribution in [2.45, 2.75) is 23.1 Å². The second-order valence-corrected chi connectivity index (χ2v) is 9.97. The van der Waals surface area contributed by atoms with Gasteiger partial charge in [-0.2, -0.15) is 0 Å². The van der Waals surface area contributed by atoms with Gasteiger partial charge >= 0.3 is 10.8 Å². The molecule has 2 aromatic carbocycles. The van der Waals surface area contributed by atoms with Crippen LogP contribution in [-0.2, 0) is 14.3 Å². The summed E-state index contributed by atoms with van der Waals surface area (Å²) < 4.78 is 10.3. The largest absolute Gasteiger partial charge is 0.497 e. The number of carbonyl (C=O) groups is 3. The summed E-state index contributed by atoms with van der Waals surface area (Å²) in [7, 11) is 1.57. The van der Waals surface area contributed by atoms with Crippen molar-refractivity contribution in [1.29, 1.82) is 0 Å². The van der Waals surface area contributed by atoms with Crippen LogP contribution in [0.4, 0.5) is 5.69 Å². The number of imide groups is 1. The first-order valence-corrected chi connectivity index (χ1v) is 12.3. The normalized spacial score (nSPS) is 21.2. The molecule has 3 atom stereocenters. The Kier molecular flexibility index (Phi) is 5.78. The third kappa shape index (κ3) is 3.63. The van der Waals surface area contributed by atoms with Crippen LogP contribution in [0.3, 0.4) is 0 Å². The van der Waals surface area contributed by atoms with Gasteiger partial charge in [-0.05, 0) is 48.9 Å². The van der Waals surface area contributed by atoms with Crippen LogP contribution < -0.4 is 14.5 Å². The zero-order chi connectivity index (χ0) is 24.0. The predicted octanol–water partition coefficient (Wildman–Crippen LogP) is 3.42. The molecular weight excluding hydrogens is 476 g/mol. The molecule has 0 aliphatic carbocycles. The lowest BCUT2D eigenvalue weighted by atomic mass is 9.83. The van der Waals surface area contributed by atoms with Gasteiger partial charge in [-0.1, -0.05) is 35.2 Å². The Morgan fingerprint density at radius 2 is 1.74 bits per heavy atom. The molecule has 8 nitrogen and oxygen atoms in total. The van der Waals surface area contributed by atoms with Crippen LogP contribution >= 0.6 is 23.1 Å². The molecule has 34 heavy (non-hydrogen) atoms. The molecule has 3 heterocycles. The number of aromatic amines is 1. The first kappa shape index (κ1) is 22.4. The van der Waals surface area contributed by atoms with Crippen LogP contribution in [0.5, 0.6) is 5.75 Å². The Labute approximate surface area is 202 Å². The number of aromatic nitrogens is 1. The van der Waals surface area contributed by atoms with Crippen LogP contribution in [0.15, 0.2) is 58.4 Å². The summed E-state index contributed by atoms with van der Waals surface area (Å²) in [5.74, 6) is -1.60. The number of nitrogens with zero attached hydrogens (tertiary/aromatic N) is 1. The average Bonchev–Trinajstić information content (AvgIpc) is 3.34. The van der Waals surface area contributed by atoms with E-state index in [9.17, 15) is 19.2 Å². The Morgan fingerprint density at radius 3 is 2.38 bits per heavy atom. The number of fused-ring (bicyclic) bond motifs is 2. The zero-order valence-electron chi connectivity index (χ0n) is 18.3. The van der Waals surface area contributed by atoms with Gasteiger partial charge in [-0.3, -0.25) is 14.4 Å². The van der Waals surface area contributed by atoms with Crippen molar-refractivity contribution in [2.75, 3.05) is 18.6 Å². The quantitative estimate of drug-likeness (QED) is 0.426. The fraction of sp³-hybridized carbons (Fsp3) is 0.250. The number of carbonyl (C=O) groups excluding carboxylic acids is 3. The highest BCUT2D eigenvalue weighted by Gasteiger charge is 2.56. The van der Waals surface area contributed by atoms with E-state index in [1.165, 1.54) is 28.8 Å². The molecular formula is C24H20N2O6S2. The predicted molar refractivity (Wildman–Crippen MR) is 128 cm³/mol. The van der Waals surface area contributed by atoms with E-state index in [-0.39, 0.29) is 23.3 Å². The minimum absolute atomic E-state index is 0.220. The maximum absolute atomic E-state index is 13.7. The van der Waals surface area contributed by atoms with Gasteiger partial charge in [-0.25, -0.2) is 9.69 Å². The molecule has 0 spiro atoms. The fourth-order valence-corrected chi connectivity index (χ4v) is 6.92. The van der Waals surface area contributed by atoms with Gasteiger partial charge in [0.1, 0.15) is 11.0 Å². The summed E-state index contributed by atoms with van der Waals surface area (Å²) in [5.41, 5.74) is 1.56. The van der Waals surface area contributed by atoms with Crippen molar-refractivity contribution >= 4 is 46.6 Å². The van der Waals surface area contributed by atoms with E-state index in [0.717, 1.165) is 21.8 Å². The molecule has 2 aliphatic heterocycles. The van der Waals surface area contributed by atoms with Crippen LogP contribution in [0, 0.1) is 5.92 Å². The molecule has 0 unspecified atom stereocenters. The highest BCUT2D eigenvalue weighted by molar-refractivity contribution is 8.00. The molecule has 2 aliphatic rings. The van der Waals surface area contributed by atoms with Crippen molar-refractivity contribution in [2.24, 2.45) is 5.92 Å². The number of hydrogen-bond donors (Lipinski definition) is 1. The minimum atomic E-state index is -0.679. The molecule has 0 radical (unpaired) electrons. The lowest BCUT2D eigenvalue weighted by molar-refractivity contribution is -0.122. The topological polar surface area (TPSA) is 106 Å². The second kappa shape index (κ2) is 8.77. The van der Waals surface area contributed by atoms with Crippen molar-refractivity contribution in [3.05, 3.63) is 74.2 Å². The third-order valence-corrected chi connectivity index (χ3v) is 8.34. The summed E-state index contributed by atoms with van der Waals surface area (Å²) in [6, 6.07) is 13.5. The highest BCUT2D eigenvalue weighted by atomic mass is 32.2. The van der Waals surface area contributed by atoms with E-state index in [1.54, 1.807) is 38.3 Å². The van der Waals surface area contributed by atoms with Gasteiger partial charge in [-0.15, -0.1) is 0 Å². The summed E-state index contributed by atoms with van der Waals surface area (Å²) in [5, 5.41) is -0.0557. The number of H-pyrrole nitrogens is 1. The molecule has 1 aromatic heterocycles. The smallest absolute Gasteiger partial charge is 0.338 e. The molecule has 0 saturated carbocycles. The van der Waals surface area contributed by atoms with E-state index in [2.05, 4.69) is 4.98 Å². The number of thiazole rings is 1. The minimum Gasteiger partial charge on any atom is -0.497 e. The maximum Gasteiger partial charge on any atom is 0.338 e. The number of methoxy groups -OCH3 is 1. The van der Waals surface area contributed by atoms with E-state index in [1.807, 2.05) is 12.1 Å². The van der Waals surface area contributed by atoms with Crippen molar-refractivity contribution in [3.63, 3.8) is 0 Å². The molecule has 3 aromatic rings. The van der Waals surface area contributed by atoms with Gasteiger partial charge in [0.2, 0.25) is 11.8 Å². The summed E-state index contributed by atoms with van der Waals surface area (Å²) in [6.45, 7) is 1.97. The zero-order valence-corrected chi connectivity index (χ0v) is 19.9. The molecule has 1 saturated heterocycles. The molecule has 10 heteroatoms. The summed E-state index contributed by atoms with van der Waals surface area (Å²) in [6.07, 6.45) is 0. The molecule has 2 amide bonds. The maximum atomic E-state index is 13.7. The molecule has 1 N–H and O–H groups in total. The molecule has 174 valence electrons. The standard InChI is InChI=1S/C24H20N2O6S2/c1-3-32-23(29)13-4-8-14(9-5-13)26-21(27)17-16(12-6-10-15(31-2)11-7-12)18-20(25-24(30)34-18)33-19(17)22(26)28/h4-11,16-17,19H,3H2,1-2H3,(H,25,30)/t16-,17-,19-/m1/s1. The number of anilines is 1. The van der Waals surface area contributed by atoms with Gasteiger partial charge in [0, 0.05) is 10.8 Å². The number of esters is 1. The van der Waals surface area contributed by atoms with Crippen LogP contribution in [-0.4, -0.2) is 41.7 Å². The monoisotopic (exact) mass is 496 g/mol. The Balaban J connectivity index is 1.54. The highest BCUT2D eigenvalue weighted by Crippen LogP contribution is 2.53. The average molecular weight is 497 g/mol. The van der Waals surface area contributed by atoms with Crippen LogP contribution in [0.25, 0.3) is 0 Å². The molecule has 0 bridgehead atoms. The Morgan fingerprint density at radius 1 is 1.03 bits per heavy atom. The van der Waals surface area contributed by atoms with Gasteiger partial charge < -0.3 is 14.5 Å². The van der Waals surface area contributed by atoms with Crippen molar-refractivity contribution < 1.29 is 23.9 Å². The third-order valence-electron chi connectivity index (χ3n) is 5.94. The molecule has 5 rings (SSSR count). The first-order chi connectivity index (χ1) is 16.4. The Hall–Kier alpha value is -3.37. The van der Waals surface area contributed by atoms with E-state index in [4.69, 9.17) is 9.47 Å². The van der Waals surface area contributed by atoms with Crippen molar-refractivity contribution in [1.82, 2.24) is 4.98 Å². The SMILES string of the molecule is CCOC(=O)c1ccc(N2C(=O)[C@@H]3[C@@H](c4ccc(OC)cc4)c4sc(=O)[nH]c4S[C@H]3C2=O)cc1. The van der Waals surface area contributed by atoms with Crippen LogP contribution in [0.1, 0.15) is 33.6 Å². The summed E-state index contributed by atoms with van der Waals surface area (Å²) >= 11 is 2.29. The fourth-order valence-electron chi connectivity index (χ4n) is 4.40. The lowest BCUT2D eigenvalue weighted by Gasteiger charge is -2.29. The van der Waals surface area contributed by atoms with Gasteiger partial charge in [0.05, 0.1) is 35.9 Å². The van der Waals surface area contributed by atoms with E-state index >= 15 is 0 Å². The number of thioether (sulfide) groups is 1. The second-order valence-electron chi connectivity index (χ2n) is 7.80. The van der Waals surface area contributed by atoms with E-state index in [0.29, 0.717) is 22.0 Å². The lowest BCUT2D eigenvalue weighted by Crippen LogP contribution is -2.32. The number of amides is 2. The van der Waals surface area contributed by atoms with E-state index < -0.39 is 23.1 Å². The number of benzene rings is 2. The number of rotatable bonds is 5. The van der Waals surface area contributed by atoms with Crippen molar-refractivity contribution in [3.8, 4) is 5.75 Å². The number of nitrogens with one attached hydrogen (secondary N) is 1. The first-order valence-electron chi connectivity index (χ1n) is 10.6. The summed E-state index contributed by atoms with van der Waals surface area (Å²) in [4.78, 5) is 55.8. The molecule has 1 fully saturated rings. The number of ether oxygens (including phenoxy) is 2. The van der Waals surface area contributed by atoms with Crippen LogP contribution in [0.2, 0.25) is 0 Å². The Bertz CT molecular complexity index is 1330. The number of hydrogen-bond acceptors (Lipinski definition) is 8. The van der Waals surface area contributed by atoms with Gasteiger partial charge in [0.15, 0.2) is 0 Å².